The first kappa shape index (κ1) is 40.4. The highest BCUT2D eigenvalue weighted by atomic mass is 16.5. The summed E-state index contributed by atoms with van der Waals surface area (Å²) >= 11 is 0. The number of benzene rings is 2. The zero-order valence-electron chi connectivity index (χ0n) is 34.0. The van der Waals surface area contributed by atoms with Crippen molar-refractivity contribution in [1.29, 1.82) is 0 Å². The third kappa shape index (κ3) is 10.0. The fourth-order valence-corrected chi connectivity index (χ4v) is 8.95. The summed E-state index contributed by atoms with van der Waals surface area (Å²) in [5.74, 6) is -0.243. The van der Waals surface area contributed by atoms with E-state index < -0.39 is 6.04 Å². The molecular formula is C44H60N8O5. The number of para-hydroxylation sites is 1. The Balaban J connectivity index is 1.02. The number of hydrogen-bond donors (Lipinski definition) is 2. The lowest BCUT2D eigenvalue weighted by molar-refractivity contribution is -0.148. The highest BCUT2D eigenvalue weighted by Gasteiger charge is 2.34. The van der Waals surface area contributed by atoms with Gasteiger partial charge in [0.25, 0.3) is 5.56 Å². The maximum atomic E-state index is 14.4. The van der Waals surface area contributed by atoms with Crippen LogP contribution in [0.1, 0.15) is 87.3 Å². The molecule has 0 saturated carbocycles. The van der Waals surface area contributed by atoms with Crippen molar-refractivity contribution in [2.75, 3.05) is 59.4 Å². The van der Waals surface area contributed by atoms with Crippen LogP contribution in [0.5, 0.6) is 0 Å². The van der Waals surface area contributed by atoms with E-state index in [1.54, 1.807) is 9.58 Å². The average molecular weight is 781 g/mol. The van der Waals surface area contributed by atoms with Gasteiger partial charge in [-0.05, 0) is 99.8 Å². The Bertz CT molecular complexity index is 2070. The number of unbranched alkanes of at least 4 members (excludes halogenated alkanes) is 3. The molecule has 13 heteroatoms. The lowest BCUT2D eigenvalue weighted by atomic mass is 9.89. The van der Waals surface area contributed by atoms with Crippen LogP contribution in [-0.2, 0) is 27.5 Å². The molecule has 2 aromatic carbocycles. The summed E-state index contributed by atoms with van der Waals surface area (Å²) in [5.41, 5.74) is 4.18. The fraction of sp³-hybridized carbons (Fsp3) is 0.568. The van der Waals surface area contributed by atoms with Crippen molar-refractivity contribution in [3.05, 3.63) is 75.7 Å². The number of hydrogen-bond acceptors (Lipinski definition) is 8. The molecule has 4 aromatic rings. The molecule has 57 heavy (non-hydrogen) atoms. The van der Waals surface area contributed by atoms with Crippen LogP contribution in [0.2, 0.25) is 0 Å². The second-order valence-corrected chi connectivity index (χ2v) is 16.5. The van der Waals surface area contributed by atoms with E-state index >= 15 is 0 Å². The molecule has 1 unspecified atom stereocenters. The maximum absolute atomic E-state index is 14.4. The smallest absolute Gasteiger partial charge is 0.318 e. The number of H-pyrrole nitrogens is 1. The van der Waals surface area contributed by atoms with Gasteiger partial charge in [0, 0.05) is 80.8 Å². The monoisotopic (exact) mass is 780 g/mol. The number of esters is 1. The van der Waals surface area contributed by atoms with Crippen LogP contribution >= 0.6 is 0 Å². The molecule has 2 aromatic heterocycles. The van der Waals surface area contributed by atoms with Crippen LogP contribution in [-0.4, -0.2) is 124 Å². The predicted molar refractivity (Wildman–Crippen MR) is 222 cm³/mol. The van der Waals surface area contributed by atoms with Crippen LogP contribution in [0.25, 0.3) is 21.8 Å². The van der Waals surface area contributed by atoms with E-state index in [9.17, 15) is 19.2 Å². The number of aromatic nitrogens is 3. The van der Waals surface area contributed by atoms with E-state index in [4.69, 9.17) is 4.74 Å². The van der Waals surface area contributed by atoms with Crippen molar-refractivity contribution in [3.63, 3.8) is 0 Å². The van der Waals surface area contributed by atoms with Gasteiger partial charge in [-0.3, -0.25) is 19.3 Å². The highest BCUT2D eigenvalue weighted by molar-refractivity contribution is 5.88. The molecule has 3 aliphatic heterocycles. The topological polar surface area (TPSA) is 136 Å². The van der Waals surface area contributed by atoms with E-state index in [0.29, 0.717) is 57.9 Å². The molecule has 13 nitrogen and oxygen atoms in total. The average Bonchev–Trinajstić information content (AvgIpc) is 3.65. The molecule has 5 heterocycles. The molecule has 2 N–H and O–H groups in total. The van der Waals surface area contributed by atoms with E-state index in [1.165, 1.54) is 0 Å². The number of piperazine rings is 1. The number of rotatable bonds is 13. The highest BCUT2D eigenvalue weighted by Crippen LogP contribution is 2.28. The van der Waals surface area contributed by atoms with E-state index in [1.807, 2.05) is 60.5 Å². The van der Waals surface area contributed by atoms with Crippen molar-refractivity contribution in [2.45, 2.75) is 103 Å². The molecule has 0 bridgehead atoms. The lowest BCUT2D eigenvalue weighted by Gasteiger charge is -2.43. The van der Waals surface area contributed by atoms with Crippen molar-refractivity contribution in [1.82, 2.24) is 39.7 Å². The predicted octanol–water partition coefficient (Wildman–Crippen LogP) is 5.40. The number of urea groups is 1. The summed E-state index contributed by atoms with van der Waals surface area (Å²) in [6.07, 6.45) is 10.3. The summed E-state index contributed by atoms with van der Waals surface area (Å²) in [4.78, 5) is 65.4. The second kappa shape index (κ2) is 18.7. The number of ether oxygens (including phenoxy) is 1. The first-order chi connectivity index (χ1) is 27.6. The number of pyridine rings is 1. The summed E-state index contributed by atoms with van der Waals surface area (Å²) < 4.78 is 7.16. The van der Waals surface area contributed by atoms with Gasteiger partial charge >= 0.3 is 12.0 Å². The van der Waals surface area contributed by atoms with Gasteiger partial charge in [-0.25, -0.2) is 9.48 Å². The van der Waals surface area contributed by atoms with Crippen LogP contribution in [0.3, 0.4) is 0 Å². The second-order valence-electron chi connectivity index (χ2n) is 16.5. The molecule has 3 aliphatic rings. The number of nitrogens with one attached hydrogen (secondary N) is 2. The first-order valence-corrected chi connectivity index (χ1v) is 21.2. The zero-order valence-corrected chi connectivity index (χ0v) is 34.0. The SMILES string of the molecule is CCCCCCC(=O)OCn1cc2cc(CC(NC(=O)N3CCC(c4cc5ccccc5[nH]c4=O)CC3)C(=O)N3CCN(C4CCN(C)CC4)CC3)cc(C)c2n1. The minimum Gasteiger partial charge on any atom is -0.442 e. The lowest BCUT2D eigenvalue weighted by Crippen LogP contribution is -2.59. The Labute approximate surface area is 335 Å². The molecule has 306 valence electrons. The van der Waals surface area contributed by atoms with Crippen LogP contribution in [0.15, 0.2) is 53.5 Å². The van der Waals surface area contributed by atoms with Crippen LogP contribution < -0.4 is 10.9 Å². The molecule has 0 aliphatic carbocycles. The minimum absolute atomic E-state index is 0.0444. The zero-order chi connectivity index (χ0) is 39.9. The van der Waals surface area contributed by atoms with E-state index in [2.05, 4.69) is 39.2 Å². The summed E-state index contributed by atoms with van der Waals surface area (Å²) in [5, 5.41) is 9.74. The molecule has 0 spiro atoms. The molecule has 0 radical (unpaired) electrons. The van der Waals surface area contributed by atoms with Gasteiger partial charge in [0.1, 0.15) is 6.04 Å². The largest absolute Gasteiger partial charge is 0.442 e. The molecule has 7 rings (SSSR count). The number of carbonyl (C=O) groups is 3. The van der Waals surface area contributed by atoms with Gasteiger partial charge in [-0.1, -0.05) is 50.5 Å². The van der Waals surface area contributed by atoms with Gasteiger partial charge in [0.05, 0.1) is 5.52 Å². The van der Waals surface area contributed by atoms with Crippen molar-refractivity contribution in [3.8, 4) is 0 Å². The fourth-order valence-electron chi connectivity index (χ4n) is 8.95. The van der Waals surface area contributed by atoms with Gasteiger partial charge < -0.3 is 29.7 Å². The third-order valence-corrected chi connectivity index (χ3v) is 12.4. The number of carbonyl (C=O) groups excluding carboxylic acids is 3. The van der Waals surface area contributed by atoms with E-state index in [0.717, 1.165) is 103 Å². The number of aromatic amines is 1. The number of fused-ring (bicyclic) bond motifs is 2. The quantitative estimate of drug-likeness (QED) is 0.136. The van der Waals surface area contributed by atoms with Crippen molar-refractivity contribution >= 4 is 39.7 Å². The Morgan fingerprint density at radius 3 is 2.40 bits per heavy atom. The molecule has 3 saturated heterocycles. The number of likely N-dealkylation sites (tertiary alicyclic amines) is 2. The Hall–Kier alpha value is -4.75. The van der Waals surface area contributed by atoms with Gasteiger partial charge in [0.15, 0.2) is 6.73 Å². The molecule has 3 amide bonds. The Kier molecular flexibility index (Phi) is 13.2. The molecule has 3 fully saturated rings. The Morgan fingerprint density at radius 1 is 0.895 bits per heavy atom. The van der Waals surface area contributed by atoms with Crippen molar-refractivity contribution < 1.29 is 19.1 Å². The number of piperidine rings is 2. The van der Waals surface area contributed by atoms with Crippen LogP contribution in [0.4, 0.5) is 4.79 Å². The molecular weight excluding hydrogens is 721 g/mol. The van der Waals surface area contributed by atoms with Crippen molar-refractivity contribution in [2.24, 2.45) is 0 Å². The first-order valence-electron chi connectivity index (χ1n) is 21.2. The van der Waals surface area contributed by atoms with Crippen LogP contribution in [0, 0.1) is 6.92 Å². The maximum Gasteiger partial charge on any atom is 0.318 e. The number of aryl methyl sites for hydroxylation is 1. The summed E-state index contributed by atoms with van der Waals surface area (Å²) in [6, 6.07) is 13.4. The van der Waals surface area contributed by atoms with Gasteiger partial charge in [-0.15, -0.1) is 0 Å². The normalized spacial score (nSPS) is 18.3. The Morgan fingerprint density at radius 2 is 1.65 bits per heavy atom. The number of nitrogens with zero attached hydrogens (tertiary/aromatic N) is 6. The third-order valence-electron chi connectivity index (χ3n) is 12.4. The van der Waals surface area contributed by atoms with Gasteiger partial charge in [-0.2, -0.15) is 5.10 Å². The molecule has 1 atom stereocenters. The standard InChI is InChI=1S/C44H60N8O5/c1-4-5-6-7-12-40(53)57-30-52-29-35-26-32(25-31(2)41(35)47-52)27-39(43(55)50-23-21-49(22-24-50)36-15-17-48(3)18-16-36)46-44(56)51-19-13-33(14-20-51)37-28-34-10-8-9-11-38(34)45-42(37)54/h8-11,25-26,28-29,33,36,39H,4-7,12-24,27,30H2,1-3H3,(H,45,54)(H,46,56). The summed E-state index contributed by atoms with van der Waals surface area (Å²) in [7, 11) is 2.18. The minimum atomic E-state index is -0.756. The summed E-state index contributed by atoms with van der Waals surface area (Å²) in [6.45, 7) is 10.3. The van der Waals surface area contributed by atoms with Gasteiger partial charge in [0.2, 0.25) is 5.91 Å². The number of amides is 3. The van der Waals surface area contributed by atoms with E-state index in [-0.39, 0.29) is 36.1 Å².